The number of amides is 4. The summed E-state index contributed by atoms with van der Waals surface area (Å²) in [6, 6.07) is 6.07. The summed E-state index contributed by atoms with van der Waals surface area (Å²) in [7, 11) is 0. The molecule has 3 atom stereocenters. The maximum Gasteiger partial charge on any atom is 0.408 e. The van der Waals surface area contributed by atoms with Gasteiger partial charge in [-0.25, -0.2) is 4.79 Å². The van der Waals surface area contributed by atoms with Gasteiger partial charge in [0.15, 0.2) is 0 Å². The zero-order valence-electron chi connectivity index (χ0n) is 26.8. The molecule has 0 unspecified atom stereocenters. The van der Waals surface area contributed by atoms with E-state index in [-0.39, 0.29) is 37.7 Å². The minimum absolute atomic E-state index is 0.0150. The molecule has 4 N–H and O–H groups in total. The summed E-state index contributed by atoms with van der Waals surface area (Å²) in [6.45, 7) is 1.17. The molecule has 2 bridgehead atoms. The standard InChI is InChI=1S/C33H47N7O6S/c41-29-16-15-26(32(44)47)35-30(42)27(19-23-11-5-3-6-12-23)36-31(43)28(37-33(45)46-22-24-13-7-4-8-14-24)20-25-21-40(39-38-25)18-10-2-1-9-17-34-29/h4,7-8,13-14,21,23,26-28H,1-3,5-6,9-12,15-20,22H2,(H,34,41)(H,35,42)(H,36,43)(H,37,45)(H,44,47)/t26-,27-,28-/m0/s1. The van der Waals surface area contributed by atoms with Gasteiger partial charge in [-0.2, -0.15) is 0 Å². The Bertz CT molecular complexity index is 1330. The van der Waals surface area contributed by atoms with Crippen LogP contribution >= 0.6 is 12.6 Å². The van der Waals surface area contributed by atoms with Crippen molar-refractivity contribution < 1.29 is 28.7 Å². The molecule has 1 aliphatic carbocycles. The van der Waals surface area contributed by atoms with Gasteiger partial charge in [0.2, 0.25) is 22.8 Å². The van der Waals surface area contributed by atoms with Crippen molar-refractivity contribution in [2.45, 2.75) is 115 Å². The molecule has 1 aromatic heterocycles. The monoisotopic (exact) mass is 669 g/mol. The van der Waals surface area contributed by atoms with Crippen LogP contribution in [0.4, 0.5) is 4.79 Å². The molecule has 2 aliphatic rings. The van der Waals surface area contributed by atoms with Crippen molar-refractivity contribution in [3.63, 3.8) is 0 Å². The number of aromatic nitrogens is 3. The second kappa shape index (κ2) is 19.0. The van der Waals surface area contributed by atoms with Crippen LogP contribution in [0.3, 0.4) is 0 Å². The minimum Gasteiger partial charge on any atom is -0.445 e. The molecule has 1 fully saturated rings. The molecule has 47 heavy (non-hydrogen) atoms. The number of hydrogen-bond donors (Lipinski definition) is 5. The van der Waals surface area contributed by atoms with Crippen LogP contribution in [-0.4, -0.2) is 68.6 Å². The molecule has 0 radical (unpaired) electrons. The molecule has 2 heterocycles. The highest BCUT2D eigenvalue weighted by molar-refractivity contribution is 7.96. The lowest BCUT2D eigenvalue weighted by molar-refractivity contribution is -0.131. The Labute approximate surface area is 281 Å². The third kappa shape index (κ3) is 12.6. The van der Waals surface area contributed by atoms with E-state index in [1.165, 1.54) is 0 Å². The van der Waals surface area contributed by atoms with Crippen LogP contribution in [0.5, 0.6) is 0 Å². The SMILES string of the molecule is O=C1CC[C@@H](C(=O)S)NC(=O)[C@H](CC2CCCCC2)NC(=O)[C@@H](NC(=O)OCc2ccccc2)Cc2cn(nn2)CCCCCCN1. The van der Waals surface area contributed by atoms with Crippen molar-refractivity contribution in [3.05, 3.63) is 47.8 Å². The smallest absolute Gasteiger partial charge is 0.408 e. The van der Waals surface area contributed by atoms with Gasteiger partial charge in [-0.05, 0) is 37.2 Å². The van der Waals surface area contributed by atoms with Crippen molar-refractivity contribution in [2.24, 2.45) is 5.92 Å². The number of nitrogens with zero attached hydrogens (tertiary/aromatic N) is 3. The predicted octanol–water partition coefficient (Wildman–Crippen LogP) is 2.98. The summed E-state index contributed by atoms with van der Waals surface area (Å²) in [5, 5.41) is 19.0. The fourth-order valence-corrected chi connectivity index (χ4v) is 6.19. The van der Waals surface area contributed by atoms with Crippen molar-refractivity contribution in [3.8, 4) is 0 Å². The second-order valence-corrected chi connectivity index (χ2v) is 12.9. The van der Waals surface area contributed by atoms with Crippen LogP contribution < -0.4 is 21.3 Å². The van der Waals surface area contributed by atoms with E-state index in [4.69, 9.17) is 4.74 Å². The first-order valence-electron chi connectivity index (χ1n) is 16.7. The van der Waals surface area contributed by atoms with Crippen LogP contribution in [0.15, 0.2) is 36.5 Å². The summed E-state index contributed by atoms with van der Waals surface area (Å²) < 4.78 is 7.11. The lowest BCUT2D eigenvalue weighted by Crippen LogP contribution is -2.56. The van der Waals surface area contributed by atoms with Gasteiger partial charge in [-0.3, -0.25) is 23.9 Å². The summed E-state index contributed by atoms with van der Waals surface area (Å²) in [6.07, 6.45) is 10.0. The molecular formula is C33H47N7O6S. The maximum absolute atomic E-state index is 13.9. The van der Waals surface area contributed by atoms with Gasteiger partial charge in [0.05, 0.1) is 11.7 Å². The second-order valence-electron chi connectivity index (χ2n) is 12.4. The van der Waals surface area contributed by atoms with Crippen molar-refractivity contribution >= 4 is 41.6 Å². The van der Waals surface area contributed by atoms with Gasteiger partial charge in [-0.15, -0.1) is 17.7 Å². The van der Waals surface area contributed by atoms with E-state index in [9.17, 15) is 24.0 Å². The average molecular weight is 670 g/mol. The largest absolute Gasteiger partial charge is 0.445 e. The van der Waals surface area contributed by atoms with Crippen molar-refractivity contribution in [1.82, 2.24) is 36.3 Å². The first-order valence-corrected chi connectivity index (χ1v) is 17.2. The average Bonchev–Trinajstić information content (AvgIpc) is 3.52. The Morgan fingerprint density at radius 1 is 0.936 bits per heavy atom. The van der Waals surface area contributed by atoms with E-state index >= 15 is 0 Å². The van der Waals surface area contributed by atoms with Crippen LogP contribution in [0.25, 0.3) is 0 Å². The Balaban J connectivity index is 1.54. The number of rotatable bonds is 6. The summed E-state index contributed by atoms with van der Waals surface area (Å²) in [4.78, 5) is 65.3. The normalized spacial score (nSPS) is 22.9. The number of nitrogens with one attached hydrogen (secondary N) is 4. The molecule has 1 saturated carbocycles. The number of benzene rings is 1. The van der Waals surface area contributed by atoms with Gasteiger partial charge in [-0.1, -0.05) is 80.5 Å². The number of fused-ring (bicyclic) bond motifs is 2. The number of thiol groups is 1. The number of carbonyl (C=O) groups excluding carboxylic acids is 5. The quantitative estimate of drug-likeness (QED) is 0.292. The van der Waals surface area contributed by atoms with Crippen LogP contribution in [0.2, 0.25) is 0 Å². The molecule has 1 aliphatic heterocycles. The van der Waals surface area contributed by atoms with Crippen LogP contribution in [0, 0.1) is 5.92 Å². The number of carbonyl (C=O) groups is 5. The zero-order chi connectivity index (χ0) is 33.4. The van der Waals surface area contributed by atoms with Crippen molar-refractivity contribution in [2.75, 3.05) is 6.54 Å². The summed E-state index contributed by atoms with van der Waals surface area (Å²) >= 11 is 3.97. The van der Waals surface area contributed by atoms with Gasteiger partial charge < -0.3 is 26.0 Å². The number of ether oxygens (including phenoxy) is 1. The third-order valence-corrected chi connectivity index (χ3v) is 8.97. The van der Waals surface area contributed by atoms with E-state index < -0.39 is 41.1 Å². The van der Waals surface area contributed by atoms with E-state index in [0.29, 0.717) is 25.2 Å². The number of hydrogen-bond acceptors (Lipinski definition) is 8. The maximum atomic E-state index is 13.9. The molecule has 13 nitrogen and oxygen atoms in total. The fourth-order valence-electron chi connectivity index (χ4n) is 6.00. The topological polar surface area (TPSA) is 173 Å². The molecule has 0 saturated heterocycles. The lowest BCUT2D eigenvalue weighted by atomic mass is 9.84. The van der Waals surface area contributed by atoms with E-state index in [1.807, 2.05) is 30.3 Å². The lowest BCUT2D eigenvalue weighted by Gasteiger charge is -2.29. The van der Waals surface area contributed by atoms with Gasteiger partial charge in [0.1, 0.15) is 18.7 Å². The summed E-state index contributed by atoms with van der Waals surface area (Å²) in [5.41, 5.74) is 1.29. The molecule has 0 spiro atoms. The van der Waals surface area contributed by atoms with E-state index in [0.717, 1.165) is 63.4 Å². The Hall–Kier alpha value is -3.94. The van der Waals surface area contributed by atoms with Gasteiger partial charge in [0, 0.05) is 32.1 Å². The first-order chi connectivity index (χ1) is 22.8. The van der Waals surface area contributed by atoms with Gasteiger partial charge in [0.25, 0.3) is 0 Å². The highest BCUT2D eigenvalue weighted by Crippen LogP contribution is 2.27. The minimum atomic E-state index is -1.12. The number of alkyl carbamates (subject to hydrolysis) is 1. The molecule has 14 heteroatoms. The van der Waals surface area contributed by atoms with E-state index in [2.05, 4.69) is 44.2 Å². The molecule has 2 aromatic rings. The Morgan fingerprint density at radius 2 is 1.68 bits per heavy atom. The number of aryl methyl sites for hydroxylation is 1. The molecule has 4 amide bonds. The highest BCUT2D eigenvalue weighted by atomic mass is 32.1. The molecule has 256 valence electrons. The predicted molar refractivity (Wildman–Crippen MR) is 177 cm³/mol. The Morgan fingerprint density at radius 3 is 2.45 bits per heavy atom. The summed E-state index contributed by atoms with van der Waals surface area (Å²) in [5.74, 6) is -1.14. The highest BCUT2D eigenvalue weighted by Gasteiger charge is 2.32. The van der Waals surface area contributed by atoms with Gasteiger partial charge >= 0.3 is 6.09 Å². The van der Waals surface area contributed by atoms with E-state index in [1.54, 1.807) is 10.9 Å². The molecule has 4 rings (SSSR count). The van der Waals surface area contributed by atoms with Crippen LogP contribution in [-0.2, 0) is 43.5 Å². The van der Waals surface area contributed by atoms with Crippen molar-refractivity contribution in [1.29, 1.82) is 0 Å². The Kier molecular flexibility index (Phi) is 14.5. The molecule has 1 aromatic carbocycles. The first kappa shape index (κ1) is 35.9. The molecular weight excluding hydrogens is 622 g/mol. The zero-order valence-corrected chi connectivity index (χ0v) is 27.7. The van der Waals surface area contributed by atoms with Crippen LogP contribution in [0.1, 0.15) is 88.3 Å². The fraction of sp³-hybridized carbons (Fsp3) is 0.606. The third-order valence-electron chi connectivity index (χ3n) is 8.66.